The van der Waals surface area contributed by atoms with Crippen LogP contribution in [-0.2, 0) is 11.3 Å². The normalized spacial score (nSPS) is 9.90. The maximum absolute atomic E-state index is 11.5. The SMILES string of the molecule is C=CCNC(=O)COc1cc(OCCC)ccc1CN. The van der Waals surface area contributed by atoms with Crippen molar-refractivity contribution in [2.75, 3.05) is 19.8 Å². The van der Waals surface area contributed by atoms with E-state index in [0.29, 0.717) is 31.2 Å². The highest BCUT2D eigenvalue weighted by Gasteiger charge is 2.07. The Kier molecular flexibility index (Phi) is 7.21. The third kappa shape index (κ3) is 5.32. The summed E-state index contributed by atoms with van der Waals surface area (Å²) in [5, 5.41) is 2.64. The number of carbonyl (C=O) groups is 1. The summed E-state index contributed by atoms with van der Waals surface area (Å²) in [6, 6.07) is 5.46. The summed E-state index contributed by atoms with van der Waals surface area (Å²) >= 11 is 0. The third-order valence-electron chi connectivity index (χ3n) is 2.53. The fourth-order valence-corrected chi connectivity index (χ4v) is 1.53. The predicted molar refractivity (Wildman–Crippen MR) is 78.8 cm³/mol. The number of nitrogens with two attached hydrogens (primary N) is 1. The summed E-state index contributed by atoms with van der Waals surface area (Å²) in [7, 11) is 0. The molecule has 0 radical (unpaired) electrons. The summed E-state index contributed by atoms with van der Waals surface area (Å²) in [5.74, 6) is 1.09. The average Bonchev–Trinajstić information content (AvgIpc) is 2.48. The quantitative estimate of drug-likeness (QED) is 0.673. The molecule has 1 aromatic rings. The molecule has 0 atom stereocenters. The fraction of sp³-hybridized carbons (Fsp3) is 0.400. The maximum Gasteiger partial charge on any atom is 0.258 e. The van der Waals surface area contributed by atoms with Gasteiger partial charge in [-0.1, -0.05) is 19.1 Å². The van der Waals surface area contributed by atoms with Gasteiger partial charge in [0.25, 0.3) is 5.91 Å². The van der Waals surface area contributed by atoms with Gasteiger partial charge in [-0.15, -0.1) is 6.58 Å². The monoisotopic (exact) mass is 278 g/mol. The minimum Gasteiger partial charge on any atom is -0.493 e. The number of amides is 1. The lowest BCUT2D eigenvalue weighted by molar-refractivity contribution is -0.122. The molecule has 0 unspecified atom stereocenters. The van der Waals surface area contributed by atoms with Gasteiger partial charge in [-0.3, -0.25) is 4.79 Å². The molecule has 3 N–H and O–H groups in total. The van der Waals surface area contributed by atoms with Crippen molar-refractivity contribution in [3.63, 3.8) is 0 Å². The van der Waals surface area contributed by atoms with E-state index in [0.717, 1.165) is 12.0 Å². The Morgan fingerprint density at radius 2 is 2.25 bits per heavy atom. The number of hydrogen-bond acceptors (Lipinski definition) is 4. The van der Waals surface area contributed by atoms with Crippen LogP contribution in [0.5, 0.6) is 11.5 Å². The minimum absolute atomic E-state index is 0.0575. The van der Waals surface area contributed by atoms with E-state index < -0.39 is 0 Å². The van der Waals surface area contributed by atoms with Crippen LogP contribution in [0.15, 0.2) is 30.9 Å². The lowest BCUT2D eigenvalue weighted by atomic mass is 10.2. The number of carbonyl (C=O) groups excluding carboxylic acids is 1. The van der Waals surface area contributed by atoms with E-state index in [-0.39, 0.29) is 12.5 Å². The number of ether oxygens (including phenoxy) is 2. The van der Waals surface area contributed by atoms with E-state index in [9.17, 15) is 4.79 Å². The van der Waals surface area contributed by atoms with Crippen LogP contribution in [0.1, 0.15) is 18.9 Å². The minimum atomic E-state index is -0.201. The lowest BCUT2D eigenvalue weighted by Crippen LogP contribution is -2.29. The Morgan fingerprint density at radius 3 is 2.90 bits per heavy atom. The highest BCUT2D eigenvalue weighted by atomic mass is 16.5. The summed E-state index contributed by atoms with van der Waals surface area (Å²) in [4.78, 5) is 11.5. The molecule has 0 aliphatic rings. The molecular weight excluding hydrogens is 256 g/mol. The van der Waals surface area contributed by atoms with Crippen LogP contribution in [-0.4, -0.2) is 25.7 Å². The molecule has 110 valence electrons. The van der Waals surface area contributed by atoms with Crippen molar-refractivity contribution in [1.82, 2.24) is 5.32 Å². The molecular formula is C15H22N2O3. The van der Waals surface area contributed by atoms with Crippen molar-refractivity contribution < 1.29 is 14.3 Å². The standard InChI is InChI=1S/C15H22N2O3/c1-3-7-17-15(18)11-20-14-9-13(19-8-4-2)6-5-12(14)10-16/h3,5-6,9H,1,4,7-8,10-11,16H2,2H3,(H,17,18). The van der Waals surface area contributed by atoms with Gasteiger partial charge in [0.1, 0.15) is 11.5 Å². The molecule has 0 saturated carbocycles. The van der Waals surface area contributed by atoms with E-state index in [1.165, 1.54) is 0 Å². The number of benzene rings is 1. The van der Waals surface area contributed by atoms with Gasteiger partial charge in [-0.25, -0.2) is 0 Å². The van der Waals surface area contributed by atoms with Crippen LogP contribution in [0.25, 0.3) is 0 Å². The van der Waals surface area contributed by atoms with Crippen molar-refractivity contribution in [1.29, 1.82) is 0 Å². The molecule has 0 aliphatic carbocycles. The molecule has 1 rings (SSSR count). The maximum atomic E-state index is 11.5. The summed E-state index contributed by atoms with van der Waals surface area (Å²) in [5.41, 5.74) is 6.49. The zero-order valence-electron chi connectivity index (χ0n) is 11.9. The van der Waals surface area contributed by atoms with Crippen molar-refractivity contribution in [2.45, 2.75) is 19.9 Å². The Labute approximate surface area is 119 Å². The van der Waals surface area contributed by atoms with Crippen LogP contribution >= 0.6 is 0 Å². The van der Waals surface area contributed by atoms with Gasteiger partial charge in [0.2, 0.25) is 0 Å². The second kappa shape index (κ2) is 8.98. The van der Waals surface area contributed by atoms with Gasteiger partial charge in [0.15, 0.2) is 6.61 Å². The van der Waals surface area contributed by atoms with Gasteiger partial charge in [0, 0.05) is 24.7 Å². The number of nitrogens with one attached hydrogen (secondary N) is 1. The molecule has 0 heterocycles. The van der Waals surface area contributed by atoms with Crippen LogP contribution in [0, 0.1) is 0 Å². The van der Waals surface area contributed by atoms with Crippen molar-refractivity contribution in [3.05, 3.63) is 36.4 Å². The first-order chi connectivity index (χ1) is 9.71. The first-order valence-corrected chi connectivity index (χ1v) is 6.67. The molecule has 1 aromatic carbocycles. The highest BCUT2D eigenvalue weighted by molar-refractivity contribution is 5.77. The molecule has 5 heteroatoms. The van der Waals surface area contributed by atoms with Gasteiger partial charge < -0.3 is 20.5 Å². The second-order valence-corrected chi connectivity index (χ2v) is 4.20. The predicted octanol–water partition coefficient (Wildman–Crippen LogP) is 1.62. The van der Waals surface area contributed by atoms with Crippen molar-refractivity contribution in [3.8, 4) is 11.5 Å². The molecule has 1 amide bonds. The topological polar surface area (TPSA) is 73.6 Å². The van der Waals surface area contributed by atoms with E-state index in [2.05, 4.69) is 11.9 Å². The zero-order chi connectivity index (χ0) is 14.8. The molecule has 5 nitrogen and oxygen atoms in total. The van der Waals surface area contributed by atoms with Crippen LogP contribution in [0.4, 0.5) is 0 Å². The smallest absolute Gasteiger partial charge is 0.258 e. The van der Waals surface area contributed by atoms with E-state index in [1.807, 2.05) is 19.1 Å². The first-order valence-electron chi connectivity index (χ1n) is 6.67. The molecule has 0 aromatic heterocycles. The van der Waals surface area contributed by atoms with E-state index >= 15 is 0 Å². The first kappa shape index (κ1) is 16.0. The fourth-order valence-electron chi connectivity index (χ4n) is 1.53. The number of hydrogen-bond donors (Lipinski definition) is 2. The highest BCUT2D eigenvalue weighted by Crippen LogP contribution is 2.24. The average molecular weight is 278 g/mol. The van der Waals surface area contributed by atoms with Gasteiger partial charge in [0.05, 0.1) is 6.61 Å². The molecule has 0 fully saturated rings. The van der Waals surface area contributed by atoms with Crippen molar-refractivity contribution >= 4 is 5.91 Å². The molecule has 0 aliphatic heterocycles. The summed E-state index contributed by atoms with van der Waals surface area (Å²) in [6.45, 7) is 6.92. The zero-order valence-corrected chi connectivity index (χ0v) is 11.9. The van der Waals surface area contributed by atoms with Gasteiger partial charge in [-0.05, 0) is 12.5 Å². The summed E-state index contributed by atoms with van der Waals surface area (Å²) in [6.07, 6.45) is 2.54. The van der Waals surface area contributed by atoms with Crippen molar-refractivity contribution in [2.24, 2.45) is 5.73 Å². The molecule has 0 saturated heterocycles. The Hall–Kier alpha value is -2.01. The third-order valence-corrected chi connectivity index (χ3v) is 2.53. The molecule has 0 spiro atoms. The largest absolute Gasteiger partial charge is 0.493 e. The Bertz CT molecular complexity index is 447. The Morgan fingerprint density at radius 1 is 1.45 bits per heavy atom. The van der Waals surface area contributed by atoms with Gasteiger partial charge in [-0.2, -0.15) is 0 Å². The Balaban J connectivity index is 2.65. The van der Waals surface area contributed by atoms with Gasteiger partial charge >= 0.3 is 0 Å². The lowest BCUT2D eigenvalue weighted by Gasteiger charge is -2.12. The number of rotatable bonds is 9. The second-order valence-electron chi connectivity index (χ2n) is 4.20. The van der Waals surface area contributed by atoms with Crippen LogP contribution < -0.4 is 20.5 Å². The summed E-state index contributed by atoms with van der Waals surface area (Å²) < 4.78 is 11.0. The van der Waals surface area contributed by atoms with E-state index in [1.54, 1.807) is 12.1 Å². The molecule has 20 heavy (non-hydrogen) atoms. The van der Waals surface area contributed by atoms with Crippen LogP contribution in [0.3, 0.4) is 0 Å². The van der Waals surface area contributed by atoms with E-state index in [4.69, 9.17) is 15.2 Å². The van der Waals surface area contributed by atoms with Crippen LogP contribution in [0.2, 0.25) is 0 Å². The molecule has 0 bridgehead atoms.